The zero-order chi connectivity index (χ0) is 22.5. The molecule has 4 rings (SSSR count). The van der Waals surface area contributed by atoms with Gasteiger partial charge in [-0.2, -0.15) is 4.98 Å². The van der Waals surface area contributed by atoms with E-state index in [1.807, 2.05) is 42.5 Å². The normalized spacial score (nSPS) is 16.5. The summed E-state index contributed by atoms with van der Waals surface area (Å²) in [5.74, 6) is 2.24. The maximum Gasteiger partial charge on any atom is 0.241 e. The Balaban J connectivity index is 1.38. The Labute approximate surface area is 200 Å². The van der Waals surface area contributed by atoms with Crippen LogP contribution in [0.5, 0.6) is 11.5 Å². The molecule has 1 fully saturated rings. The third-order valence-corrected chi connectivity index (χ3v) is 6.18. The van der Waals surface area contributed by atoms with Crippen molar-refractivity contribution in [3.8, 4) is 22.9 Å². The highest BCUT2D eigenvalue weighted by Crippen LogP contribution is 2.31. The van der Waals surface area contributed by atoms with Gasteiger partial charge in [0.1, 0.15) is 0 Å². The molecule has 9 heteroatoms. The van der Waals surface area contributed by atoms with Crippen LogP contribution in [0.1, 0.15) is 18.7 Å². The number of rotatable bonds is 7. The molecule has 32 heavy (non-hydrogen) atoms. The first-order valence-electron chi connectivity index (χ1n) is 10.4. The average Bonchev–Trinajstić information content (AvgIpc) is 3.28. The number of likely N-dealkylation sites (tertiary alicyclic amines) is 1. The van der Waals surface area contributed by atoms with Crippen LogP contribution in [0, 0.1) is 9.49 Å². The van der Waals surface area contributed by atoms with E-state index in [9.17, 15) is 4.79 Å². The maximum absolute atomic E-state index is 12.7. The average molecular weight is 548 g/mol. The van der Waals surface area contributed by atoms with Crippen molar-refractivity contribution in [2.75, 3.05) is 32.6 Å². The van der Waals surface area contributed by atoms with E-state index in [0.717, 1.165) is 34.2 Å². The van der Waals surface area contributed by atoms with E-state index in [0.29, 0.717) is 36.3 Å². The number of ether oxygens (including phenoxy) is 2. The molecule has 2 heterocycles. The smallest absolute Gasteiger partial charge is 0.241 e. The minimum atomic E-state index is -0.0729. The third-order valence-electron chi connectivity index (χ3n) is 5.46. The van der Waals surface area contributed by atoms with Crippen LogP contribution in [-0.4, -0.2) is 48.3 Å². The van der Waals surface area contributed by atoms with Gasteiger partial charge in [0.25, 0.3) is 0 Å². The van der Waals surface area contributed by atoms with Crippen molar-refractivity contribution in [1.82, 2.24) is 15.0 Å². The third kappa shape index (κ3) is 5.39. The largest absolute Gasteiger partial charge is 0.493 e. The number of benzene rings is 2. The van der Waals surface area contributed by atoms with E-state index in [1.54, 1.807) is 14.2 Å². The Morgan fingerprint density at radius 1 is 1.19 bits per heavy atom. The molecule has 1 aliphatic rings. The van der Waals surface area contributed by atoms with Gasteiger partial charge < -0.3 is 19.3 Å². The molecule has 1 aliphatic heterocycles. The zero-order valence-electron chi connectivity index (χ0n) is 18.0. The number of hydrogen-bond acceptors (Lipinski definition) is 7. The molecule has 1 unspecified atom stereocenters. The lowest BCUT2D eigenvalue weighted by atomic mass is 9.97. The quantitative estimate of drug-likeness (QED) is 0.443. The standard InChI is InChI=1S/C23H25IN4O4/c1-30-19-10-5-15(12-20(19)31-2)22-26-21(32-27-22)14-28-11-3-4-16(13-28)23(29)25-18-8-6-17(24)7-9-18/h5-10,12,16H,3-4,11,13-14H2,1-2H3,(H,25,29). The van der Waals surface area contributed by atoms with Gasteiger partial charge in [-0.15, -0.1) is 0 Å². The highest BCUT2D eigenvalue weighted by Gasteiger charge is 2.27. The molecule has 1 N–H and O–H groups in total. The Kier molecular flexibility index (Phi) is 7.26. The molecule has 1 saturated heterocycles. The molecule has 2 aromatic carbocycles. The van der Waals surface area contributed by atoms with Crippen molar-refractivity contribution in [1.29, 1.82) is 0 Å². The molecule has 8 nitrogen and oxygen atoms in total. The van der Waals surface area contributed by atoms with Gasteiger partial charge in [0, 0.05) is 21.4 Å². The number of carbonyl (C=O) groups excluding carboxylic acids is 1. The Morgan fingerprint density at radius 2 is 1.97 bits per heavy atom. The predicted octanol–water partition coefficient (Wildman–Crippen LogP) is 4.21. The minimum absolute atomic E-state index is 0.0486. The Hall–Kier alpha value is -2.66. The Morgan fingerprint density at radius 3 is 2.72 bits per heavy atom. The van der Waals surface area contributed by atoms with Crippen molar-refractivity contribution in [3.63, 3.8) is 0 Å². The fourth-order valence-electron chi connectivity index (χ4n) is 3.79. The number of nitrogens with zero attached hydrogens (tertiary/aromatic N) is 3. The van der Waals surface area contributed by atoms with Crippen molar-refractivity contribution < 1.29 is 18.8 Å². The number of halogens is 1. The van der Waals surface area contributed by atoms with Crippen LogP contribution in [0.2, 0.25) is 0 Å². The van der Waals surface area contributed by atoms with Crippen LogP contribution < -0.4 is 14.8 Å². The van der Waals surface area contributed by atoms with Crippen LogP contribution in [-0.2, 0) is 11.3 Å². The molecule has 0 spiro atoms. The van der Waals surface area contributed by atoms with E-state index in [-0.39, 0.29) is 11.8 Å². The van der Waals surface area contributed by atoms with E-state index in [2.05, 4.69) is 42.9 Å². The number of piperidine rings is 1. The lowest BCUT2D eigenvalue weighted by Crippen LogP contribution is -2.40. The van der Waals surface area contributed by atoms with Crippen molar-refractivity contribution in [3.05, 3.63) is 51.9 Å². The summed E-state index contributed by atoms with van der Waals surface area (Å²) in [4.78, 5) is 19.5. The molecule has 0 radical (unpaired) electrons. The van der Waals surface area contributed by atoms with E-state index in [4.69, 9.17) is 14.0 Å². The summed E-state index contributed by atoms with van der Waals surface area (Å²) in [6.45, 7) is 2.05. The molecular weight excluding hydrogens is 523 g/mol. The monoisotopic (exact) mass is 548 g/mol. The summed E-state index contributed by atoms with van der Waals surface area (Å²) in [5, 5.41) is 7.14. The number of aromatic nitrogens is 2. The Bertz CT molecular complexity index is 1070. The second-order valence-corrected chi connectivity index (χ2v) is 8.90. The number of carbonyl (C=O) groups is 1. The van der Waals surface area contributed by atoms with Gasteiger partial charge in [-0.05, 0) is 84.4 Å². The van der Waals surface area contributed by atoms with E-state index >= 15 is 0 Å². The summed E-state index contributed by atoms with van der Waals surface area (Å²) in [5.41, 5.74) is 1.61. The zero-order valence-corrected chi connectivity index (χ0v) is 20.2. The number of nitrogens with one attached hydrogen (secondary N) is 1. The van der Waals surface area contributed by atoms with Crippen LogP contribution >= 0.6 is 22.6 Å². The second kappa shape index (κ2) is 10.3. The summed E-state index contributed by atoms with van der Waals surface area (Å²) in [6, 6.07) is 13.3. The molecule has 3 aromatic rings. The lowest BCUT2D eigenvalue weighted by molar-refractivity contribution is -0.121. The first-order valence-corrected chi connectivity index (χ1v) is 11.5. The van der Waals surface area contributed by atoms with Gasteiger partial charge in [-0.1, -0.05) is 5.16 Å². The van der Waals surface area contributed by atoms with Gasteiger partial charge in [0.05, 0.1) is 26.7 Å². The highest BCUT2D eigenvalue weighted by molar-refractivity contribution is 14.1. The number of amides is 1. The van der Waals surface area contributed by atoms with Crippen LogP contribution in [0.4, 0.5) is 5.69 Å². The summed E-state index contributed by atoms with van der Waals surface area (Å²) in [7, 11) is 3.18. The van der Waals surface area contributed by atoms with Gasteiger partial charge in [0.15, 0.2) is 11.5 Å². The topological polar surface area (TPSA) is 89.7 Å². The van der Waals surface area contributed by atoms with Gasteiger partial charge >= 0.3 is 0 Å². The number of methoxy groups -OCH3 is 2. The molecular formula is C23H25IN4O4. The number of hydrogen-bond donors (Lipinski definition) is 1. The molecule has 1 atom stereocenters. The lowest BCUT2D eigenvalue weighted by Gasteiger charge is -2.30. The first kappa shape index (κ1) is 22.5. The fourth-order valence-corrected chi connectivity index (χ4v) is 4.15. The first-order chi connectivity index (χ1) is 15.6. The summed E-state index contributed by atoms with van der Waals surface area (Å²) in [6.07, 6.45) is 1.81. The maximum atomic E-state index is 12.7. The van der Waals surface area contributed by atoms with E-state index < -0.39 is 0 Å². The van der Waals surface area contributed by atoms with Gasteiger partial charge in [-0.25, -0.2) is 0 Å². The molecule has 168 valence electrons. The number of anilines is 1. The van der Waals surface area contributed by atoms with Crippen LogP contribution in [0.3, 0.4) is 0 Å². The minimum Gasteiger partial charge on any atom is -0.493 e. The molecule has 0 aliphatic carbocycles. The van der Waals surface area contributed by atoms with Crippen molar-refractivity contribution in [2.24, 2.45) is 5.92 Å². The predicted molar refractivity (Wildman–Crippen MR) is 129 cm³/mol. The summed E-state index contributed by atoms with van der Waals surface area (Å²) >= 11 is 2.25. The molecule has 1 amide bonds. The fraction of sp³-hybridized carbons (Fsp3) is 0.348. The molecule has 0 bridgehead atoms. The summed E-state index contributed by atoms with van der Waals surface area (Å²) < 4.78 is 17.2. The van der Waals surface area contributed by atoms with Gasteiger partial charge in [0.2, 0.25) is 17.6 Å². The van der Waals surface area contributed by atoms with Gasteiger partial charge in [-0.3, -0.25) is 9.69 Å². The van der Waals surface area contributed by atoms with E-state index in [1.165, 1.54) is 0 Å². The molecule has 1 aromatic heterocycles. The van der Waals surface area contributed by atoms with Crippen LogP contribution in [0.25, 0.3) is 11.4 Å². The second-order valence-electron chi connectivity index (χ2n) is 7.65. The SMILES string of the molecule is COc1ccc(-c2noc(CN3CCCC(C(=O)Nc4ccc(I)cc4)C3)n2)cc1OC. The molecule has 0 saturated carbocycles. The highest BCUT2D eigenvalue weighted by atomic mass is 127. The van der Waals surface area contributed by atoms with Crippen molar-refractivity contribution in [2.45, 2.75) is 19.4 Å². The van der Waals surface area contributed by atoms with Crippen LogP contribution in [0.15, 0.2) is 47.0 Å². The van der Waals surface area contributed by atoms with Crippen molar-refractivity contribution >= 4 is 34.2 Å².